The zero-order valence-electron chi connectivity index (χ0n) is 22.3. The summed E-state index contributed by atoms with van der Waals surface area (Å²) in [6.07, 6.45) is 2.60. The lowest BCUT2D eigenvalue weighted by Gasteiger charge is -2.34. The summed E-state index contributed by atoms with van der Waals surface area (Å²) in [6, 6.07) is 19.1. The van der Waals surface area contributed by atoms with E-state index in [1.165, 1.54) is 40.6 Å². The van der Waals surface area contributed by atoms with Crippen molar-refractivity contribution in [2.24, 2.45) is 16.9 Å². The molecule has 2 heterocycles. The van der Waals surface area contributed by atoms with Crippen LogP contribution in [0.25, 0.3) is 10.2 Å². The molecule has 0 spiro atoms. The molecule has 40 heavy (non-hydrogen) atoms. The molecule has 1 saturated heterocycles. The average Bonchev–Trinajstić information content (AvgIpc) is 3.36. The van der Waals surface area contributed by atoms with Gasteiger partial charge in [-0.3, -0.25) is 4.79 Å². The number of nitrogens with zero attached hydrogens (tertiary/aromatic N) is 4. The summed E-state index contributed by atoms with van der Waals surface area (Å²) in [5, 5.41) is 6.13. The van der Waals surface area contributed by atoms with Crippen LogP contribution in [0, 0.1) is 11.8 Å². The number of hydrogen-bond donors (Lipinski definition) is 0. The van der Waals surface area contributed by atoms with Gasteiger partial charge in [0, 0.05) is 23.1 Å². The Bertz CT molecular complexity index is 1640. The van der Waals surface area contributed by atoms with Crippen molar-refractivity contribution in [3.8, 4) is 5.75 Å². The number of carbonyl (C=O) groups excluding carboxylic acids is 1. The normalized spacial score (nSPS) is 18.3. The van der Waals surface area contributed by atoms with Crippen molar-refractivity contribution >= 4 is 64.8 Å². The molecule has 11 heteroatoms. The largest absolute Gasteiger partial charge is 0.497 e. The van der Waals surface area contributed by atoms with E-state index in [4.69, 9.17) is 4.74 Å². The van der Waals surface area contributed by atoms with Gasteiger partial charge in [0.05, 0.1) is 28.4 Å². The molecule has 208 valence electrons. The molecule has 5 rings (SSSR count). The first-order valence-corrected chi connectivity index (χ1v) is 15.9. The van der Waals surface area contributed by atoms with E-state index in [9.17, 15) is 13.2 Å². The molecule has 1 aromatic heterocycles. The number of rotatable bonds is 7. The molecule has 3 aromatic carbocycles. The number of carbonyl (C=O) groups is 1. The van der Waals surface area contributed by atoms with E-state index in [1.807, 2.05) is 42.5 Å². The molecular formula is C29H29BrN4O4S2. The summed E-state index contributed by atoms with van der Waals surface area (Å²) >= 11 is 4.74. The highest BCUT2D eigenvalue weighted by molar-refractivity contribution is 9.10. The standard InChI is InChI=1S/C29H29BrN4O4S2/c1-19-14-20(2)18-33(17-19)40(36,37)25-11-6-22(7-12-25)28(35)34(31-16-21-4-8-23(30)9-5-21)29-32-26-13-10-24(38-3)15-27(26)39-29/h4-13,15-16,19-20H,14,17-18H2,1-3H3/b31-16+. The zero-order valence-corrected chi connectivity index (χ0v) is 25.5. The van der Waals surface area contributed by atoms with E-state index in [0.29, 0.717) is 46.9 Å². The van der Waals surface area contributed by atoms with Crippen molar-refractivity contribution in [3.63, 3.8) is 0 Å². The molecular weight excluding hydrogens is 612 g/mol. The number of amides is 1. The van der Waals surface area contributed by atoms with Crippen molar-refractivity contribution in [3.05, 3.63) is 82.3 Å². The highest BCUT2D eigenvalue weighted by Gasteiger charge is 2.32. The molecule has 2 unspecified atom stereocenters. The van der Waals surface area contributed by atoms with Crippen molar-refractivity contribution in [2.45, 2.75) is 25.2 Å². The van der Waals surface area contributed by atoms with E-state index in [1.54, 1.807) is 17.6 Å². The first-order chi connectivity index (χ1) is 19.1. The predicted molar refractivity (Wildman–Crippen MR) is 163 cm³/mol. The van der Waals surface area contributed by atoms with E-state index >= 15 is 0 Å². The third-order valence-corrected chi connectivity index (χ3v) is 10.1. The maximum absolute atomic E-state index is 13.8. The Morgan fingerprint density at radius 2 is 1.75 bits per heavy atom. The van der Waals surface area contributed by atoms with Crippen molar-refractivity contribution in [1.82, 2.24) is 9.29 Å². The van der Waals surface area contributed by atoms with Crippen LogP contribution < -0.4 is 9.75 Å². The minimum atomic E-state index is -3.66. The highest BCUT2D eigenvalue weighted by Crippen LogP contribution is 2.33. The third kappa shape index (κ3) is 6.12. The van der Waals surface area contributed by atoms with E-state index in [0.717, 1.165) is 21.2 Å². The topological polar surface area (TPSA) is 92.2 Å². The number of anilines is 1. The van der Waals surface area contributed by atoms with Crippen molar-refractivity contribution in [2.75, 3.05) is 25.2 Å². The number of thiazole rings is 1. The van der Waals surface area contributed by atoms with Gasteiger partial charge in [-0.25, -0.2) is 13.4 Å². The summed E-state index contributed by atoms with van der Waals surface area (Å²) < 4.78 is 35.3. The number of piperidine rings is 1. The molecule has 0 aliphatic carbocycles. The first kappa shape index (κ1) is 28.4. The van der Waals surface area contributed by atoms with E-state index < -0.39 is 15.9 Å². The quantitative estimate of drug-likeness (QED) is 0.172. The Morgan fingerprint density at radius 3 is 2.40 bits per heavy atom. The number of sulfonamides is 1. The summed E-state index contributed by atoms with van der Waals surface area (Å²) in [5.74, 6) is 0.854. The number of aromatic nitrogens is 1. The smallest absolute Gasteiger partial charge is 0.280 e. The van der Waals surface area contributed by atoms with Gasteiger partial charge in [0.2, 0.25) is 15.2 Å². The second-order valence-electron chi connectivity index (χ2n) is 10.0. The highest BCUT2D eigenvalue weighted by atomic mass is 79.9. The molecule has 0 saturated carbocycles. The van der Waals surface area contributed by atoms with Gasteiger partial charge in [0.15, 0.2) is 0 Å². The number of halogens is 1. The van der Waals surface area contributed by atoms with Gasteiger partial charge in [0.1, 0.15) is 5.75 Å². The van der Waals surface area contributed by atoms with Gasteiger partial charge in [-0.1, -0.05) is 53.2 Å². The van der Waals surface area contributed by atoms with Crippen LogP contribution in [0.1, 0.15) is 36.2 Å². The number of ether oxygens (including phenoxy) is 1. The maximum atomic E-state index is 13.8. The van der Waals surface area contributed by atoms with Crippen LogP contribution in [0.3, 0.4) is 0 Å². The van der Waals surface area contributed by atoms with Crippen LogP contribution in [0.2, 0.25) is 0 Å². The van der Waals surface area contributed by atoms with Crippen LogP contribution in [0.5, 0.6) is 5.75 Å². The monoisotopic (exact) mass is 640 g/mol. The number of hydrazone groups is 1. The van der Waals surface area contributed by atoms with Crippen molar-refractivity contribution < 1.29 is 17.9 Å². The van der Waals surface area contributed by atoms with Crippen LogP contribution in [0.4, 0.5) is 5.13 Å². The van der Waals surface area contributed by atoms with Gasteiger partial charge in [-0.2, -0.15) is 14.4 Å². The van der Waals surface area contributed by atoms with Gasteiger partial charge in [0.25, 0.3) is 5.91 Å². The Morgan fingerprint density at radius 1 is 1.07 bits per heavy atom. The molecule has 8 nitrogen and oxygen atoms in total. The molecule has 1 fully saturated rings. The van der Waals surface area contributed by atoms with Crippen molar-refractivity contribution in [1.29, 1.82) is 0 Å². The van der Waals surface area contributed by atoms with E-state index in [2.05, 4.69) is 39.9 Å². The molecule has 0 bridgehead atoms. The average molecular weight is 642 g/mol. The summed E-state index contributed by atoms with van der Waals surface area (Å²) in [5.41, 5.74) is 1.81. The minimum Gasteiger partial charge on any atom is -0.497 e. The second kappa shape index (κ2) is 11.8. The first-order valence-electron chi connectivity index (χ1n) is 12.8. The van der Waals surface area contributed by atoms with Gasteiger partial charge in [-0.05, 0) is 78.4 Å². The van der Waals surface area contributed by atoms with Gasteiger partial charge >= 0.3 is 0 Å². The van der Waals surface area contributed by atoms with Gasteiger partial charge < -0.3 is 4.74 Å². The fraction of sp³-hybridized carbons (Fsp3) is 0.276. The van der Waals surface area contributed by atoms with Crippen LogP contribution in [-0.2, 0) is 10.0 Å². The predicted octanol–water partition coefficient (Wildman–Crippen LogP) is 6.41. The zero-order chi connectivity index (χ0) is 28.4. The van der Waals surface area contributed by atoms with E-state index in [-0.39, 0.29) is 4.90 Å². The lowest BCUT2D eigenvalue weighted by Crippen LogP contribution is -2.42. The maximum Gasteiger partial charge on any atom is 0.280 e. The Kier molecular flexibility index (Phi) is 8.37. The third-order valence-electron chi connectivity index (χ3n) is 6.72. The number of methoxy groups -OCH3 is 1. The fourth-order valence-electron chi connectivity index (χ4n) is 4.82. The van der Waals surface area contributed by atoms with Crippen LogP contribution in [0.15, 0.2) is 81.2 Å². The molecule has 0 N–H and O–H groups in total. The number of hydrogen-bond acceptors (Lipinski definition) is 7. The van der Waals surface area contributed by atoms with Crippen LogP contribution in [-0.4, -0.2) is 50.0 Å². The van der Waals surface area contributed by atoms with Gasteiger partial charge in [-0.15, -0.1) is 0 Å². The molecule has 2 atom stereocenters. The summed E-state index contributed by atoms with van der Waals surface area (Å²) in [7, 11) is -2.07. The summed E-state index contributed by atoms with van der Waals surface area (Å²) in [4.78, 5) is 18.6. The van der Waals surface area contributed by atoms with Crippen LogP contribution >= 0.6 is 27.3 Å². The minimum absolute atomic E-state index is 0.169. The Labute approximate surface area is 246 Å². The molecule has 1 aliphatic heterocycles. The lowest BCUT2D eigenvalue weighted by atomic mass is 9.94. The molecule has 4 aromatic rings. The second-order valence-corrected chi connectivity index (χ2v) is 13.9. The summed E-state index contributed by atoms with van der Waals surface area (Å²) in [6.45, 7) is 5.13. The number of benzene rings is 3. The Balaban J connectivity index is 1.47. The fourth-order valence-corrected chi connectivity index (χ4v) is 7.71. The Hall–Kier alpha value is -3.12. The SMILES string of the molecule is COc1ccc2nc(N(/N=C/c3ccc(Br)cc3)C(=O)c3ccc(S(=O)(=O)N4CC(C)CC(C)C4)cc3)sc2c1. The molecule has 0 radical (unpaired) electrons. The lowest BCUT2D eigenvalue weighted by molar-refractivity contribution is 0.0987. The number of fused-ring (bicyclic) bond motifs is 1. The molecule has 1 amide bonds. The molecule has 1 aliphatic rings.